The van der Waals surface area contributed by atoms with Crippen LogP contribution in [0.25, 0.3) is 22.3 Å². The molecule has 2 heterocycles. The quantitative estimate of drug-likeness (QED) is 0.162. The van der Waals surface area contributed by atoms with Gasteiger partial charge in [0.05, 0.1) is 61.2 Å². The third kappa shape index (κ3) is 5.36. The molecule has 2 atom stereocenters. The molecule has 4 aromatic carbocycles. The first kappa shape index (κ1) is 32.1. The van der Waals surface area contributed by atoms with E-state index in [1.807, 2.05) is 12.1 Å². The summed E-state index contributed by atoms with van der Waals surface area (Å²) in [5.74, 6) is 1.81. The second-order valence-electron chi connectivity index (χ2n) is 10.8. The first-order chi connectivity index (χ1) is 23.3. The van der Waals surface area contributed by atoms with Crippen LogP contribution >= 0.6 is 0 Å². The van der Waals surface area contributed by atoms with Crippen molar-refractivity contribution >= 4 is 16.8 Å². The van der Waals surface area contributed by atoms with Crippen LogP contribution in [0.2, 0.25) is 0 Å². The fourth-order valence-corrected chi connectivity index (χ4v) is 6.07. The van der Waals surface area contributed by atoms with E-state index in [1.54, 1.807) is 55.6 Å². The van der Waals surface area contributed by atoms with E-state index in [0.29, 0.717) is 39.7 Å². The van der Waals surface area contributed by atoms with Crippen LogP contribution in [-0.4, -0.2) is 55.6 Å². The van der Waals surface area contributed by atoms with E-state index >= 15 is 0 Å². The second-order valence-corrected chi connectivity index (χ2v) is 10.8. The van der Waals surface area contributed by atoms with Gasteiger partial charge in [-0.15, -0.1) is 0 Å². The Morgan fingerprint density at radius 2 is 1.25 bits per heavy atom. The molecule has 0 aliphatic carbocycles. The topological polar surface area (TPSA) is 121 Å². The van der Waals surface area contributed by atoms with Gasteiger partial charge in [-0.05, 0) is 35.9 Å². The van der Waals surface area contributed by atoms with Gasteiger partial charge in [0.15, 0.2) is 22.7 Å². The Kier molecular flexibility index (Phi) is 8.77. The predicted octanol–water partition coefficient (Wildman–Crippen LogP) is 6.62. The Bertz CT molecular complexity index is 2060. The molecule has 0 spiro atoms. The van der Waals surface area contributed by atoms with Crippen LogP contribution in [0, 0.1) is 0 Å². The third-order valence-electron chi connectivity index (χ3n) is 8.41. The van der Waals surface area contributed by atoms with Crippen LogP contribution in [0.15, 0.2) is 75.9 Å². The molecule has 0 amide bonds. The first-order valence-electron chi connectivity index (χ1n) is 14.9. The maximum atomic E-state index is 14.9. The van der Waals surface area contributed by atoms with Gasteiger partial charge in [-0.1, -0.05) is 12.1 Å². The standard InChI is InChI=1S/C37H34O11/c1-40-21-11-8-19(9-12-21)36-34(35(39)32-27(44-5)15-22(41-2)16-30(32)48-36)33-29(46-7)18-28(45-6)31-23(38)17-25(47-37(31)33)20-10-13-24(42-3)26(14-20)43-4/h8-18,34,36H,1-7H3/t34-,36+/m0/s1. The van der Waals surface area contributed by atoms with Crippen LogP contribution in [0.5, 0.6) is 46.0 Å². The van der Waals surface area contributed by atoms with E-state index < -0.39 is 17.5 Å². The van der Waals surface area contributed by atoms with E-state index in [9.17, 15) is 9.59 Å². The molecule has 0 saturated carbocycles. The Morgan fingerprint density at radius 3 is 1.88 bits per heavy atom. The molecule has 6 rings (SSSR count). The first-order valence-corrected chi connectivity index (χ1v) is 14.9. The molecular formula is C37H34O11. The summed E-state index contributed by atoms with van der Waals surface area (Å²) in [7, 11) is 10.5. The molecule has 0 N–H and O–H groups in total. The van der Waals surface area contributed by atoms with Gasteiger partial charge < -0.3 is 42.3 Å². The lowest BCUT2D eigenvalue weighted by Crippen LogP contribution is -2.31. The molecule has 0 fully saturated rings. The Morgan fingerprint density at radius 1 is 0.583 bits per heavy atom. The molecule has 48 heavy (non-hydrogen) atoms. The van der Waals surface area contributed by atoms with Gasteiger partial charge in [0.2, 0.25) is 0 Å². The van der Waals surface area contributed by atoms with Crippen molar-refractivity contribution in [2.75, 3.05) is 49.8 Å². The van der Waals surface area contributed by atoms with Crippen molar-refractivity contribution in [3.63, 3.8) is 0 Å². The zero-order chi connectivity index (χ0) is 34.1. The molecular weight excluding hydrogens is 620 g/mol. The Labute approximate surface area is 276 Å². The molecule has 11 heteroatoms. The molecule has 248 valence electrons. The number of hydrogen-bond acceptors (Lipinski definition) is 11. The molecule has 1 aliphatic heterocycles. The van der Waals surface area contributed by atoms with E-state index in [0.717, 1.165) is 0 Å². The van der Waals surface area contributed by atoms with Gasteiger partial charge in [-0.3, -0.25) is 9.59 Å². The molecule has 0 radical (unpaired) electrons. The molecule has 0 unspecified atom stereocenters. The number of methoxy groups -OCH3 is 7. The largest absolute Gasteiger partial charge is 0.497 e. The fourth-order valence-electron chi connectivity index (χ4n) is 6.07. The maximum absolute atomic E-state index is 14.9. The number of carbonyl (C=O) groups excluding carboxylic acids is 1. The minimum absolute atomic E-state index is 0.0971. The lowest BCUT2D eigenvalue weighted by molar-refractivity contribution is 0.0772. The molecule has 0 saturated heterocycles. The number of carbonyl (C=O) groups is 1. The average molecular weight is 655 g/mol. The number of Topliss-reactive ketones (excluding diaryl/α,β-unsaturated/α-hetero) is 1. The Hall–Kier alpha value is -5.84. The van der Waals surface area contributed by atoms with Gasteiger partial charge in [0.25, 0.3) is 0 Å². The van der Waals surface area contributed by atoms with E-state index in [1.165, 1.54) is 48.7 Å². The van der Waals surface area contributed by atoms with Crippen LogP contribution < -0.4 is 43.3 Å². The van der Waals surface area contributed by atoms with Crippen LogP contribution in [0.1, 0.15) is 33.5 Å². The summed E-state index contributed by atoms with van der Waals surface area (Å²) in [5, 5.41) is 0.131. The lowest BCUT2D eigenvalue weighted by atomic mass is 9.79. The highest BCUT2D eigenvalue weighted by molar-refractivity contribution is 6.09. The van der Waals surface area contributed by atoms with Gasteiger partial charge in [0, 0.05) is 29.8 Å². The number of hydrogen-bond donors (Lipinski definition) is 0. The predicted molar refractivity (Wildman–Crippen MR) is 177 cm³/mol. The summed E-state index contributed by atoms with van der Waals surface area (Å²) >= 11 is 0. The minimum Gasteiger partial charge on any atom is -0.497 e. The zero-order valence-electron chi connectivity index (χ0n) is 27.5. The summed E-state index contributed by atoms with van der Waals surface area (Å²) in [6, 6.07) is 18.5. The second kappa shape index (κ2) is 13.1. The fraction of sp³-hybridized carbons (Fsp3) is 0.243. The number of rotatable bonds is 10. The normalized spacial score (nSPS) is 15.3. The van der Waals surface area contributed by atoms with Crippen molar-refractivity contribution < 1.29 is 47.1 Å². The highest BCUT2D eigenvalue weighted by Gasteiger charge is 2.45. The van der Waals surface area contributed by atoms with Crippen molar-refractivity contribution in [2.45, 2.75) is 12.0 Å². The van der Waals surface area contributed by atoms with E-state index in [4.69, 9.17) is 42.3 Å². The third-order valence-corrected chi connectivity index (χ3v) is 8.41. The van der Waals surface area contributed by atoms with Gasteiger partial charge in [-0.2, -0.15) is 0 Å². The SMILES string of the molecule is COc1ccc([C@H]2Oc3cc(OC)cc(OC)c3C(=O)[C@@H]2c2c(OC)cc(OC)c3c(=O)cc(-c4ccc(OC)c(OC)c4)oc23)cc1. The number of ketones is 1. The van der Waals surface area contributed by atoms with Crippen molar-refractivity contribution in [3.8, 4) is 57.3 Å². The monoisotopic (exact) mass is 654 g/mol. The van der Waals surface area contributed by atoms with Crippen molar-refractivity contribution in [2.24, 2.45) is 0 Å². The van der Waals surface area contributed by atoms with Gasteiger partial charge >= 0.3 is 0 Å². The minimum atomic E-state index is -1.08. The Balaban J connectivity index is 1.68. The van der Waals surface area contributed by atoms with Crippen LogP contribution in [0.3, 0.4) is 0 Å². The summed E-state index contributed by atoms with van der Waals surface area (Å²) in [6.45, 7) is 0. The van der Waals surface area contributed by atoms with Crippen molar-refractivity contribution in [1.29, 1.82) is 0 Å². The highest BCUT2D eigenvalue weighted by atomic mass is 16.5. The number of benzene rings is 4. The van der Waals surface area contributed by atoms with Crippen LogP contribution in [0.4, 0.5) is 0 Å². The molecule has 1 aliphatic rings. The average Bonchev–Trinajstić information content (AvgIpc) is 3.13. The zero-order valence-corrected chi connectivity index (χ0v) is 27.5. The lowest BCUT2D eigenvalue weighted by Gasteiger charge is -2.35. The molecule has 1 aromatic heterocycles. The summed E-state index contributed by atoms with van der Waals surface area (Å²) < 4.78 is 52.2. The number of fused-ring (bicyclic) bond motifs is 2. The number of ether oxygens (including phenoxy) is 8. The summed E-state index contributed by atoms with van der Waals surface area (Å²) in [4.78, 5) is 28.8. The van der Waals surface area contributed by atoms with E-state index in [-0.39, 0.29) is 51.1 Å². The van der Waals surface area contributed by atoms with Crippen LogP contribution in [-0.2, 0) is 0 Å². The summed E-state index contributed by atoms with van der Waals surface area (Å²) in [5.41, 5.74) is 1.40. The summed E-state index contributed by atoms with van der Waals surface area (Å²) in [6.07, 6.45) is -0.909. The molecule has 5 aromatic rings. The van der Waals surface area contributed by atoms with Crippen molar-refractivity contribution in [3.05, 3.63) is 93.6 Å². The van der Waals surface area contributed by atoms with E-state index in [2.05, 4.69) is 0 Å². The molecule has 0 bridgehead atoms. The van der Waals surface area contributed by atoms with Crippen molar-refractivity contribution in [1.82, 2.24) is 0 Å². The van der Waals surface area contributed by atoms with Gasteiger partial charge in [-0.25, -0.2) is 0 Å². The highest BCUT2D eigenvalue weighted by Crippen LogP contribution is 2.52. The van der Waals surface area contributed by atoms with Gasteiger partial charge in [0.1, 0.15) is 62.9 Å². The molecule has 11 nitrogen and oxygen atoms in total. The maximum Gasteiger partial charge on any atom is 0.197 e. The smallest absolute Gasteiger partial charge is 0.197 e.